The summed E-state index contributed by atoms with van der Waals surface area (Å²) in [7, 11) is 0. The first-order valence-corrected chi connectivity index (χ1v) is 6.55. The molecule has 3 nitrogen and oxygen atoms in total. The number of hydrogen-bond acceptors (Lipinski definition) is 3. The molecular weight excluding hydrogens is 202 g/mol. The number of rotatable bonds is 3. The van der Waals surface area contributed by atoms with Crippen molar-refractivity contribution in [2.45, 2.75) is 57.7 Å². The van der Waals surface area contributed by atoms with Gasteiger partial charge >= 0.3 is 0 Å². The van der Waals surface area contributed by atoms with Gasteiger partial charge in [0.15, 0.2) is 0 Å². The summed E-state index contributed by atoms with van der Waals surface area (Å²) < 4.78 is 6.04. The van der Waals surface area contributed by atoms with Crippen molar-refractivity contribution in [1.29, 1.82) is 0 Å². The number of aliphatic hydroxyl groups excluding tert-OH is 1. The zero-order valence-electron chi connectivity index (χ0n) is 10.6. The van der Waals surface area contributed by atoms with E-state index in [1.54, 1.807) is 0 Å². The summed E-state index contributed by atoms with van der Waals surface area (Å²) in [4.78, 5) is 0. The van der Waals surface area contributed by atoms with Crippen LogP contribution in [0.1, 0.15) is 46.0 Å². The first-order valence-electron chi connectivity index (χ1n) is 6.55. The Morgan fingerprint density at radius 1 is 1.38 bits per heavy atom. The van der Waals surface area contributed by atoms with E-state index in [4.69, 9.17) is 4.74 Å². The van der Waals surface area contributed by atoms with Crippen LogP contribution >= 0.6 is 0 Å². The molecule has 2 fully saturated rings. The zero-order chi connectivity index (χ0) is 11.6. The van der Waals surface area contributed by atoms with E-state index in [1.807, 2.05) is 0 Å². The Balaban J connectivity index is 1.91. The van der Waals surface area contributed by atoms with Crippen LogP contribution in [-0.2, 0) is 4.74 Å². The highest BCUT2D eigenvalue weighted by Gasteiger charge is 2.39. The van der Waals surface area contributed by atoms with Crippen LogP contribution in [0.15, 0.2) is 0 Å². The fourth-order valence-electron chi connectivity index (χ4n) is 3.11. The smallest absolute Gasteiger partial charge is 0.0631 e. The monoisotopic (exact) mass is 227 g/mol. The first kappa shape index (κ1) is 12.3. The van der Waals surface area contributed by atoms with Crippen LogP contribution in [0.2, 0.25) is 0 Å². The highest BCUT2D eigenvalue weighted by atomic mass is 16.5. The Morgan fingerprint density at radius 3 is 2.69 bits per heavy atom. The third kappa shape index (κ3) is 2.76. The van der Waals surface area contributed by atoms with Gasteiger partial charge in [0.2, 0.25) is 0 Å². The van der Waals surface area contributed by atoms with Gasteiger partial charge in [0, 0.05) is 12.0 Å². The molecule has 2 atom stereocenters. The van der Waals surface area contributed by atoms with Crippen molar-refractivity contribution in [1.82, 2.24) is 5.32 Å². The van der Waals surface area contributed by atoms with E-state index in [-0.39, 0.29) is 11.0 Å². The Labute approximate surface area is 98.6 Å². The second-order valence-corrected chi connectivity index (χ2v) is 6.18. The van der Waals surface area contributed by atoms with Gasteiger partial charge in [0.25, 0.3) is 0 Å². The molecule has 0 bridgehead atoms. The van der Waals surface area contributed by atoms with Gasteiger partial charge in [-0.1, -0.05) is 0 Å². The summed E-state index contributed by atoms with van der Waals surface area (Å²) in [6.07, 6.45) is 5.97. The van der Waals surface area contributed by atoms with Gasteiger partial charge in [-0.25, -0.2) is 0 Å². The van der Waals surface area contributed by atoms with Crippen LogP contribution in [0, 0.1) is 5.41 Å². The average molecular weight is 227 g/mol. The molecule has 0 aromatic rings. The number of piperidine rings is 1. The largest absolute Gasteiger partial charge is 0.396 e. The van der Waals surface area contributed by atoms with Crippen LogP contribution in [-0.4, -0.2) is 36.5 Å². The molecular formula is C13H25NO2. The summed E-state index contributed by atoms with van der Waals surface area (Å²) in [5.74, 6) is 0. The Bertz CT molecular complexity index is 234. The molecule has 16 heavy (non-hydrogen) atoms. The summed E-state index contributed by atoms with van der Waals surface area (Å²) >= 11 is 0. The Morgan fingerprint density at radius 2 is 2.19 bits per heavy atom. The van der Waals surface area contributed by atoms with Gasteiger partial charge in [-0.15, -0.1) is 0 Å². The lowest BCUT2D eigenvalue weighted by atomic mass is 9.76. The zero-order valence-corrected chi connectivity index (χ0v) is 10.6. The summed E-state index contributed by atoms with van der Waals surface area (Å²) in [5, 5.41) is 13.0. The van der Waals surface area contributed by atoms with E-state index < -0.39 is 0 Å². The molecule has 94 valence electrons. The number of ether oxygens (including phenoxy) is 1. The minimum Gasteiger partial charge on any atom is -0.396 e. The first-order chi connectivity index (χ1) is 7.55. The molecule has 0 aromatic carbocycles. The maximum Gasteiger partial charge on any atom is 0.0631 e. The predicted octanol–water partition coefficient (Wildman–Crippen LogP) is 1.70. The molecule has 2 saturated heterocycles. The van der Waals surface area contributed by atoms with Gasteiger partial charge in [-0.05, 0) is 52.5 Å². The van der Waals surface area contributed by atoms with Crippen molar-refractivity contribution < 1.29 is 9.84 Å². The molecule has 0 radical (unpaired) electrons. The fourth-order valence-corrected chi connectivity index (χ4v) is 3.11. The predicted molar refractivity (Wildman–Crippen MR) is 64.4 cm³/mol. The molecule has 2 unspecified atom stereocenters. The second kappa shape index (κ2) is 4.63. The van der Waals surface area contributed by atoms with Crippen molar-refractivity contribution in [3.8, 4) is 0 Å². The lowest BCUT2D eigenvalue weighted by molar-refractivity contribution is -0.0483. The van der Waals surface area contributed by atoms with Gasteiger partial charge in [-0.3, -0.25) is 0 Å². The minimum atomic E-state index is 0.0450. The summed E-state index contributed by atoms with van der Waals surface area (Å²) in [6, 6.07) is 0. The molecule has 0 aliphatic carbocycles. The number of aliphatic hydroxyl groups is 1. The molecule has 0 spiro atoms. The highest BCUT2D eigenvalue weighted by molar-refractivity contribution is 4.91. The van der Waals surface area contributed by atoms with E-state index in [2.05, 4.69) is 19.2 Å². The van der Waals surface area contributed by atoms with Crippen molar-refractivity contribution in [3.63, 3.8) is 0 Å². The van der Waals surface area contributed by atoms with Crippen molar-refractivity contribution in [2.24, 2.45) is 5.41 Å². The van der Waals surface area contributed by atoms with E-state index in [9.17, 15) is 5.11 Å². The molecule has 2 heterocycles. The Kier molecular flexibility index (Phi) is 3.57. The normalized spacial score (nSPS) is 38.8. The molecule has 2 N–H and O–H groups in total. The molecule has 0 amide bonds. The molecule has 2 aliphatic heterocycles. The van der Waals surface area contributed by atoms with Crippen LogP contribution < -0.4 is 5.32 Å². The van der Waals surface area contributed by atoms with Gasteiger partial charge in [0.1, 0.15) is 0 Å². The highest BCUT2D eigenvalue weighted by Crippen LogP contribution is 2.38. The van der Waals surface area contributed by atoms with Crippen molar-refractivity contribution >= 4 is 0 Å². The van der Waals surface area contributed by atoms with Gasteiger partial charge in [-0.2, -0.15) is 0 Å². The van der Waals surface area contributed by atoms with Crippen molar-refractivity contribution in [3.05, 3.63) is 0 Å². The van der Waals surface area contributed by atoms with Crippen LogP contribution in [0.4, 0.5) is 0 Å². The summed E-state index contributed by atoms with van der Waals surface area (Å²) in [6.45, 7) is 6.67. The lowest BCUT2D eigenvalue weighted by Gasteiger charge is -2.38. The maximum absolute atomic E-state index is 9.64. The number of hydrogen-bond donors (Lipinski definition) is 2. The third-order valence-corrected chi connectivity index (χ3v) is 4.11. The van der Waals surface area contributed by atoms with E-state index in [0.717, 1.165) is 38.8 Å². The van der Waals surface area contributed by atoms with E-state index in [0.29, 0.717) is 12.7 Å². The topological polar surface area (TPSA) is 41.5 Å². The Hall–Kier alpha value is -0.120. The fraction of sp³-hybridized carbons (Fsp3) is 1.00. The molecule has 2 rings (SSSR count). The van der Waals surface area contributed by atoms with Crippen LogP contribution in [0.25, 0.3) is 0 Å². The van der Waals surface area contributed by atoms with E-state index >= 15 is 0 Å². The molecule has 3 heteroatoms. The van der Waals surface area contributed by atoms with Crippen LogP contribution in [0.5, 0.6) is 0 Å². The quantitative estimate of drug-likeness (QED) is 0.771. The van der Waals surface area contributed by atoms with Gasteiger partial charge < -0.3 is 15.2 Å². The maximum atomic E-state index is 9.64. The standard InChI is InChI=1S/C13H25NO2/c1-12(2)6-4-11(16-12)8-13(10-15)5-3-7-14-9-13/h11,14-15H,3-10H2,1-2H3. The van der Waals surface area contributed by atoms with E-state index in [1.165, 1.54) is 6.42 Å². The SMILES string of the molecule is CC1(C)CCC(CC2(CO)CCCNC2)O1. The van der Waals surface area contributed by atoms with Crippen LogP contribution in [0.3, 0.4) is 0 Å². The average Bonchev–Trinajstić information content (AvgIpc) is 2.59. The second-order valence-electron chi connectivity index (χ2n) is 6.18. The molecule has 0 aromatic heterocycles. The molecule has 0 saturated carbocycles. The molecule has 2 aliphatic rings. The van der Waals surface area contributed by atoms with Crippen molar-refractivity contribution in [2.75, 3.05) is 19.7 Å². The third-order valence-electron chi connectivity index (χ3n) is 4.11. The van der Waals surface area contributed by atoms with Gasteiger partial charge in [0.05, 0.1) is 18.3 Å². The summed E-state index contributed by atoms with van der Waals surface area (Å²) in [5.41, 5.74) is 0.118. The number of nitrogens with one attached hydrogen (secondary N) is 1. The minimum absolute atomic E-state index is 0.0450. The lowest BCUT2D eigenvalue weighted by Crippen LogP contribution is -2.44.